The van der Waals surface area contributed by atoms with Gasteiger partial charge in [0.25, 0.3) is 5.91 Å². The molecule has 0 bridgehead atoms. The van der Waals surface area contributed by atoms with E-state index >= 15 is 0 Å². The van der Waals surface area contributed by atoms with Crippen LogP contribution in [0.15, 0.2) is 42.5 Å². The second kappa shape index (κ2) is 10.6. The molecule has 160 valence electrons. The molecule has 0 aromatic heterocycles. The molecule has 2 rings (SSSR count). The third kappa shape index (κ3) is 5.97. The van der Waals surface area contributed by atoms with Crippen LogP contribution in [-0.2, 0) is 9.53 Å². The molecule has 0 saturated heterocycles. The third-order valence-electron chi connectivity index (χ3n) is 4.36. The molecule has 0 unspecified atom stereocenters. The molecular formula is C22H24ClNO6. The number of ether oxygens (including phenoxy) is 3. The van der Waals surface area contributed by atoms with E-state index in [0.29, 0.717) is 27.6 Å². The quantitative estimate of drug-likeness (QED) is 0.480. The number of hydrogen-bond acceptors (Lipinski definition) is 6. The summed E-state index contributed by atoms with van der Waals surface area (Å²) in [5.41, 5.74) is 0.672. The molecule has 1 atom stereocenters. The molecule has 0 fully saturated rings. The Balaban J connectivity index is 2.04. The zero-order valence-corrected chi connectivity index (χ0v) is 18.0. The van der Waals surface area contributed by atoms with Crippen LogP contribution in [0.2, 0.25) is 5.02 Å². The average molecular weight is 434 g/mol. The van der Waals surface area contributed by atoms with Gasteiger partial charge in [-0.15, -0.1) is 0 Å². The van der Waals surface area contributed by atoms with Gasteiger partial charge < -0.3 is 19.5 Å². The number of ketones is 1. The number of carbonyl (C=O) groups is 3. The van der Waals surface area contributed by atoms with Gasteiger partial charge in [0.05, 0.1) is 14.2 Å². The number of rotatable bonds is 9. The number of benzene rings is 2. The molecule has 0 radical (unpaired) electrons. The van der Waals surface area contributed by atoms with Gasteiger partial charge in [-0.25, -0.2) is 4.79 Å². The summed E-state index contributed by atoms with van der Waals surface area (Å²) in [5, 5.41) is 3.15. The lowest BCUT2D eigenvalue weighted by atomic mass is 10.0. The lowest BCUT2D eigenvalue weighted by Crippen LogP contribution is -2.45. The van der Waals surface area contributed by atoms with Crippen LogP contribution in [0.25, 0.3) is 0 Å². The second-order valence-electron chi connectivity index (χ2n) is 6.80. The molecule has 0 aliphatic carbocycles. The van der Waals surface area contributed by atoms with Gasteiger partial charge in [0, 0.05) is 16.1 Å². The van der Waals surface area contributed by atoms with Crippen molar-refractivity contribution < 1.29 is 28.6 Å². The lowest BCUT2D eigenvalue weighted by Gasteiger charge is -2.21. The largest absolute Gasteiger partial charge is 0.493 e. The molecule has 0 saturated carbocycles. The van der Waals surface area contributed by atoms with E-state index in [1.165, 1.54) is 20.3 Å². The van der Waals surface area contributed by atoms with Crippen LogP contribution in [0.5, 0.6) is 11.5 Å². The SMILES string of the molecule is COc1ccc(C(=O)N[C@@H](C(=O)OCC(=O)c2ccc(Cl)cc2)C(C)C)cc1OC. The summed E-state index contributed by atoms with van der Waals surface area (Å²) >= 11 is 5.80. The van der Waals surface area contributed by atoms with Gasteiger partial charge in [0.1, 0.15) is 6.04 Å². The Hall–Kier alpha value is -3.06. The van der Waals surface area contributed by atoms with Crippen molar-refractivity contribution in [2.24, 2.45) is 5.92 Å². The minimum atomic E-state index is -0.927. The molecule has 2 aromatic carbocycles. The second-order valence-corrected chi connectivity index (χ2v) is 7.24. The molecule has 8 heteroatoms. The van der Waals surface area contributed by atoms with Crippen LogP contribution in [0.4, 0.5) is 0 Å². The van der Waals surface area contributed by atoms with Crippen molar-refractivity contribution in [3.63, 3.8) is 0 Å². The Bertz CT molecular complexity index is 910. The first-order chi connectivity index (χ1) is 14.3. The van der Waals surface area contributed by atoms with E-state index in [2.05, 4.69) is 5.32 Å². The van der Waals surface area contributed by atoms with Crippen LogP contribution in [0.1, 0.15) is 34.6 Å². The summed E-state index contributed by atoms with van der Waals surface area (Å²) < 4.78 is 15.5. The van der Waals surface area contributed by atoms with Crippen molar-refractivity contribution in [2.75, 3.05) is 20.8 Å². The predicted octanol–water partition coefficient (Wildman–Crippen LogP) is 3.54. The van der Waals surface area contributed by atoms with Crippen molar-refractivity contribution in [2.45, 2.75) is 19.9 Å². The topological polar surface area (TPSA) is 90.9 Å². The Kier molecular flexibility index (Phi) is 8.24. The van der Waals surface area contributed by atoms with E-state index in [1.807, 2.05) is 0 Å². The number of amides is 1. The van der Waals surface area contributed by atoms with Gasteiger partial charge in [-0.2, -0.15) is 0 Å². The number of esters is 1. The number of Topliss-reactive ketones (excluding diaryl/α,β-unsaturated/α-hetero) is 1. The molecule has 1 amide bonds. The minimum absolute atomic E-state index is 0.257. The maximum Gasteiger partial charge on any atom is 0.329 e. The number of methoxy groups -OCH3 is 2. The number of hydrogen-bond donors (Lipinski definition) is 1. The Morgan fingerprint density at radius 3 is 2.10 bits per heavy atom. The highest BCUT2D eigenvalue weighted by Gasteiger charge is 2.27. The van der Waals surface area contributed by atoms with E-state index in [9.17, 15) is 14.4 Å². The molecule has 0 aliphatic rings. The standard InChI is InChI=1S/C22H24ClNO6/c1-13(2)20(22(27)30-12-17(25)14-5-8-16(23)9-6-14)24-21(26)15-7-10-18(28-3)19(11-15)29-4/h5-11,13,20H,12H2,1-4H3,(H,24,26)/t20-/m1/s1. The van der Waals surface area contributed by atoms with Crippen molar-refractivity contribution >= 4 is 29.3 Å². The van der Waals surface area contributed by atoms with Crippen molar-refractivity contribution in [3.05, 3.63) is 58.6 Å². The van der Waals surface area contributed by atoms with Crippen LogP contribution in [-0.4, -0.2) is 44.5 Å². The summed E-state index contributed by atoms with van der Waals surface area (Å²) in [6.45, 7) is 3.10. The van der Waals surface area contributed by atoms with Gasteiger partial charge in [-0.3, -0.25) is 9.59 Å². The Morgan fingerprint density at radius 2 is 1.53 bits per heavy atom. The molecule has 1 N–H and O–H groups in total. The van der Waals surface area contributed by atoms with Gasteiger partial charge in [0.2, 0.25) is 0 Å². The fourth-order valence-electron chi connectivity index (χ4n) is 2.65. The maximum absolute atomic E-state index is 12.6. The van der Waals surface area contributed by atoms with Crippen LogP contribution in [0, 0.1) is 5.92 Å². The highest BCUT2D eigenvalue weighted by Crippen LogP contribution is 2.27. The lowest BCUT2D eigenvalue weighted by molar-refractivity contribution is -0.145. The first-order valence-corrected chi connectivity index (χ1v) is 9.63. The Labute approximate surface area is 180 Å². The summed E-state index contributed by atoms with van der Waals surface area (Å²) in [7, 11) is 2.96. The van der Waals surface area contributed by atoms with Crippen LogP contribution < -0.4 is 14.8 Å². The van der Waals surface area contributed by atoms with E-state index in [-0.39, 0.29) is 11.7 Å². The van der Waals surface area contributed by atoms with Crippen LogP contribution >= 0.6 is 11.6 Å². The summed E-state index contributed by atoms with van der Waals surface area (Å²) in [6.07, 6.45) is 0. The van der Waals surface area contributed by atoms with E-state index in [4.69, 9.17) is 25.8 Å². The normalized spacial score (nSPS) is 11.5. The van der Waals surface area contributed by atoms with Crippen LogP contribution in [0.3, 0.4) is 0 Å². The van der Waals surface area contributed by atoms with Crippen molar-refractivity contribution in [1.82, 2.24) is 5.32 Å². The van der Waals surface area contributed by atoms with Gasteiger partial charge >= 0.3 is 5.97 Å². The first-order valence-electron chi connectivity index (χ1n) is 9.25. The number of halogens is 1. The summed E-state index contributed by atoms with van der Waals surface area (Å²) in [5.74, 6) is -0.922. The summed E-state index contributed by atoms with van der Waals surface area (Å²) in [4.78, 5) is 37.3. The molecule has 0 aliphatic heterocycles. The highest BCUT2D eigenvalue weighted by molar-refractivity contribution is 6.30. The zero-order chi connectivity index (χ0) is 22.3. The summed E-state index contributed by atoms with van der Waals surface area (Å²) in [6, 6.07) is 10.0. The zero-order valence-electron chi connectivity index (χ0n) is 17.2. The molecule has 30 heavy (non-hydrogen) atoms. The molecule has 0 heterocycles. The van der Waals surface area contributed by atoms with E-state index < -0.39 is 24.5 Å². The minimum Gasteiger partial charge on any atom is -0.493 e. The molecular weight excluding hydrogens is 410 g/mol. The molecule has 2 aromatic rings. The number of nitrogens with one attached hydrogen (secondary N) is 1. The maximum atomic E-state index is 12.6. The third-order valence-corrected chi connectivity index (χ3v) is 4.62. The first kappa shape index (κ1) is 23.2. The smallest absolute Gasteiger partial charge is 0.329 e. The molecule has 7 nitrogen and oxygen atoms in total. The fourth-order valence-corrected chi connectivity index (χ4v) is 2.77. The average Bonchev–Trinajstić information content (AvgIpc) is 2.75. The van der Waals surface area contributed by atoms with E-state index in [1.54, 1.807) is 50.2 Å². The van der Waals surface area contributed by atoms with Crippen molar-refractivity contribution in [3.8, 4) is 11.5 Å². The molecule has 0 spiro atoms. The van der Waals surface area contributed by atoms with Gasteiger partial charge in [0.15, 0.2) is 23.9 Å². The number of carbonyl (C=O) groups excluding carboxylic acids is 3. The monoisotopic (exact) mass is 433 g/mol. The van der Waals surface area contributed by atoms with Crippen molar-refractivity contribution in [1.29, 1.82) is 0 Å². The highest BCUT2D eigenvalue weighted by atomic mass is 35.5. The Morgan fingerprint density at radius 1 is 0.933 bits per heavy atom. The fraction of sp³-hybridized carbons (Fsp3) is 0.318. The van der Waals surface area contributed by atoms with Gasteiger partial charge in [-0.05, 0) is 48.4 Å². The predicted molar refractivity (Wildman–Crippen MR) is 112 cm³/mol. The van der Waals surface area contributed by atoms with Gasteiger partial charge in [-0.1, -0.05) is 25.4 Å². The van der Waals surface area contributed by atoms with E-state index in [0.717, 1.165) is 0 Å².